The molecule has 2 aliphatic heterocycles. The monoisotopic (exact) mass is 242 g/mol. The SMILES string of the molecule is NC1=CC(C2CCN(c3cccnc3)CC2)=NC1. The third kappa shape index (κ3) is 2.23. The maximum atomic E-state index is 5.78. The zero-order chi connectivity index (χ0) is 12.4. The van der Waals surface area contributed by atoms with Crippen LogP contribution in [0.15, 0.2) is 41.3 Å². The van der Waals surface area contributed by atoms with Crippen molar-refractivity contribution >= 4 is 11.4 Å². The van der Waals surface area contributed by atoms with Gasteiger partial charge in [0.15, 0.2) is 0 Å². The quantitative estimate of drug-likeness (QED) is 0.857. The van der Waals surface area contributed by atoms with Crippen LogP contribution >= 0.6 is 0 Å². The van der Waals surface area contributed by atoms with E-state index in [1.54, 1.807) is 0 Å². The van der Waals surface area contributed by atoms with Crippen molar-refractivity contribution < 1.29 is 0 Å². The molecule has 0 bridgehead atoms. The van der Waals surface area contributed by atoms with E-state index in [2.05, 4.69) is 27.0 Å². The summed E-state index contributed by atoms with van der Waals surface area (Å²) in [6, 6.07) is 4.12. The van der Waals surface area contributed by atoms with Crippen molar-refractivity contribution in [3.8, 4) is 0 Å². The van der Waals surface area contributed by atoms with Crippen LogP contribution in [0.3, 0.4) is 0 Å². The molecule has 94 valence electrons. The molecule has 0 saturated carbocycles. The second-order valence-corrected chi connectivity index (χ2v) is 4.93. The minimum atomic E-state index is 0.582. The molecule has 3 rings (SSSR count). The number of hydrogen-bond acceptors (Lipinski definition) is 4. The second-order valence-electron chi connectivity index (χ2n) is 4.93. The third-order valence-electron chi connectivity index (χ3n) is 3.70. The first-order valence-electron chi connectivity index (χ1n) is 6.48. The van der Waals surface area contributed by atoms with Crippen molar-refractivity contribution in [3.05, 3.63) is 36.3 Å². The molecule has 0 unspecified atom stereocenters. The molecule has 0 atom stereocenters. The van der Waals surface area contributed by atoms with E-state index < -0.39 is 0 Å². The summed E-state index contributed by atoms with van der Waals surface area (Å²) in [5, 5.41) is 0. The maximum Gasteiger partial charge on any atom is 0.0788 e. The molecule has 0 aromatic carbocycles. The Kier molecular flexibility index (Phi) is 3.00. The van der Waals surface area contributed by atoms with Crippen molar-refractivity contribution in [3.63, 3.8) is 0 Å². The topological polar surface area (TPSA) is 54.5 Å². The van der Waals surface area contributed by atoms with Gasteiger partial charge in [-0.25, -0.2) is 0 Å². The van der Waals surface area contributed by atoms with Crippen LogP contribution in [0.5, 0.6) is 0 Å². The molecule has 2 N–H and O–H groups in total. The number of hydrogen-bond donors (Lipinski definition) is 1. The highest BCUT2D eigenvalue weighted by molar-refractivity contribution is 5.99. The van der Waals surface area contributed by atoms with Gasteiger partial charge in [-0.15, -0.1) is 0 Å². The molecule has 1 aromatic heterocycles. The number of pyridine rings is 1. The van der Waals surface area contributed by atoms with Gasteiger partial charge in [0.05, 0.1) is 18.4 Å². The van der Waals surface area contributed by atoms with Gasteiger partial charge in [0.1, 0.15) is 0 Å². The van der Waals surface area contributed by atoms with Crippen LogP contribution in [-0.4, -0.2) is 30.3 Å². The first kappa shape index (κ1) is 11.3. The van der Waals surface area contributed by atoms with E-state index in [-0.39, 0.29) is 0 Å². The highest BCUT2D eigenvalue weighted by atomic mass is 15.1. The average molecular weight is 242 g/mol. The molecule has 3 heterocycles. The number of nitrogens with two attached hydrogens (primary N) is 1. The zero-order valence-corrected chi connectivity index (χ0v) is 10.4. The van der Waals surface area contributed by atoms with Gasteiger partial charge in [0.2, 0.25) is 0 Å². The van der Waals surface area contributed by atoms with Gasteiger partial charge in [0, 0.05) is 36.6 Å². The van der Waals surface area contributed by atoms with E-state index in [9.17, 15) is 0 Å². The van der Waals surface area contributed by atoms with Gasteiger partial charge in [-0.3, -0.25) is 9.98 Å². The number of anilines is 1. The van der Waals surface area contributed by atoms with Gasteiger partial charge in [0.25, 0.3) is 0 Å². The van der Waals surface area contributed by atoms with Crippen LogP contribution in [0.25, 0.3) is 0 Å². The Morgan fingerprint density at radius 1 is 1.28 bits per heavy atom. The number of nitrogens with zero attached hydrogens (tertiary/aromatic N) is 3. The van der Waals surface area contributed by atoms with Gasteiger partial charge in [-0.1, -0.05) is 0 Å². The predicted molar refractivity (Wildman–Crippen MR) is 73.7 cm³/mol. The van der Waals surface area contributed by atoms with E-state index in [0.29, 0.717) is 12.5 Å². The van der Waals surface area contributed by atoms with Crippen LogP contribution in [0.1, 0.15) is 12.8 Å². The van der Waals surface area contributed by atoms with Crippen molar-refractivity contribution in [2.75, 3.05) is 24.5 Å². The van der Waals surface area contributed by atoms with Crippen LogP contribution in [-0.2, 0) is 0 Å². The summed E-state index contributed by atoms with van der Waals surface area (Å²) in [5.74, 6) is 0.582. The number of allylic oxidation sites excluding steroid dienone is 1. The van der Waals surface area contributed by atoms with Crippen LogP contribution in [0, 0.1) is 5.92 Å². The maximum absolute atomic E-state index is 5.78. The molecule has 1 saturated heterocycles. The Morgan fingerprint density at radius 3 is 2.72 bits per heavy atom. The Labute approximate surface area is 107 Å². The zero-order valence-electron chi connectivity index (χ0n) is 10.4. The molecular formula is C14H18N4. The molecular weight excluding hydrogens is 224 g/mol. The summed E-state index contributed by atoms with van der Waals surface area (Å²) in [7, 11) is 0. The molecule has 4 nitrogen and oxygen atoms in total. The van der Waals surface area contributed by atoms with Crippen LogP contribution in [0.2, 0.25) is 0 Å². The van der Waals surface area contributed by atoms with E-state index in [1.165, 1.54) is 11.4 Å². The largest absolute Gasteiger partial charge is 0.400 e. The summed E-state index contributed by atoms with van der Waals surface area (Å²) in [6.07, 6.45) is 8.11. The highest BCUT2D eigenvalue weighted by Crippen LogP contribution is 2.25. The lowest BCUT2D eigenvalue weighted by atomic mass is 9.91. The Balaban J connectivity index is 1.62. The predicted octanol–water partition coefficient (Wildman–Crippen LogP) is 1.60. The minimum Gasteiger partial charge on any atom is -0.400 e. The smallest absolute Gasteiger partial charge is 0.0788 e. The molecule has 4 heteroatoms. The minimum absolute atomic E-state index is 0.582. The summed E-state index contributed by atoms with van der Waals surface area (Å²) in [5.41, 5.74) is 9.11. The van der Waals surface area contributed by atoms with E-state index in [1.807, 2.05) is 18.5 Å². The summed E-state index contributed by atoms with van der Waals surface area (Å²) in [6.45, 7) is 2.84. The standard InChI is InChI=1S/C14H18N4/c15-12-8-14(17-9-12)11-3-6-18(7-4-11)13-2-1-5-16-10-13/h1-2,5,8,10-11H,3-4,6-7,9,15H2. The fourth-order valence-corrected chi connectivity index (χ4v) is 2.69. The molecule has 2 aliphatic rings. The van der Waals surface area contributed by atoms with Crippen LogP contribution < -0.4 is 10.6 Å². The van der Waals surface area contributed by atoms with E-state index in [4.69, 9.17) is 5.73 Å². The van der Waals surface area contributed by atoms with Gasteiger partial charge < -0.3 is 10.6 Å². The molecule has 18 heavy (non-hydrogen) atoms. The summed E-state index contributed by atoms with van der Waals surface area (Å²) < 4.78 is 0. The average Bonchev–Trinajstić information content (AvgIpc) is 2.87. The Hall–Kier alpha value is -1.84. The van der Waals surface area contributed by atoms with Gasteiger partial charge >= 0.3 is 0 Å². The van der Waals surface area contributed by atoms with Crippen molar-refractivity contribution in [1.29, 1.82) is 0 Å². The first-order chi connectivity index (χ1) is 8.83. The fourth-order valence-electron chi connectivity index (χ4n) is 2.69. The van der Waals surface area contributed by atoms with Crippen molar-refractivity contribution in [2.45, 2.75) is 12.8 Å². The Morgan fingerprint density at radius 2 is 2.11 bits per heavy atom. The van der Waals surface area contributed by atoms with Crippen LogP contribution in [0.4, 0.5) is 5.69 Å². The molecule has 0 spiro atoms. The lowest BCUT2D eigenvalue weighted by molar-refractivity contribution is 0.503. The molecule has 0 aliphatic carbocycles. The number of aliphatic imine (C=N–C) groups is 1. The molecule has 1 aromatic rings. The third-order valence-corrected chi connectivity index (χ3v) is 3.70. The number of rotatable bonds is 2. The van der Waals surface area contributed by atoms with Crippen molar-refractivity contribution in [1.82, 2.24) is 4.98 Å². The van der Waals surface area contributed by atoms with E-state index >= 15 is 0 Å². The lowest BCUT2D eigenvalue weighted by Crippen LogP contribution is -2.35. The summed E-state index contributed by atoms with van der Waals surface area (Å²) >= 11 is 0. The molecule has 0 radical (unpaired) electrons. The summed E-state index contributed by atoms with van der Waals surface area (Å²) in [4.78, 5) is 11.1. The Bertz CT molecular complexity index is 470. The lowest BCUT2D eigenvalue weighted by Gasteiger charge is -2.33. The highest BCUT2D eigenvalue weighted by Gasteiger charge is 2.24. The number of aromatic nitrogens is 1. The van der Waals surface area contributed by atoms with Crippen molar-refractivity contribution in [2.24, 2.45) is 16.6 Å². The van der Waals surface area contributed by atoms with E-state index in [0.717, 1.165) is 31.6 Å². The molecule has 0 amide bonds. The first-order valence-corrected chi connectivity index (χ1v) is 6.48. The van der Waals surface area contributed by atoms with Gasteiger partial charge in [-0.2, -0.15) is 0 Å². The number of piperidine rings is 1. The second kappa shape index (κ2) is 4.80. The fraction of sp³-hybridized carbons (Fsp3) is 0.429. The van der Waals surface area contributed by atoms with Gasteiger partial charge in [-0.05, 0) is 31.1 Å². The normalized spacial score (nSPS) is 20.8. The molecule has 1 fully saturated rings.